The number of carbonyl (C=O) groups excluding carboxylic acids is 3. The lowest BCUT2D eigenvalue weighted by molar-refractivity contribution is -0.132. The number of ketones is 1. The molecule has 0 spiro atoms. The molecule has 1 atom stereocenters. The van der Waals surface area contributed by atoms with E-state index in [0.717, 1.165) is 17.5 Å². The Hall–Kier alpha value is -4.39. The monoisotopic (exact) mass is 485 g/mol. The molecule has 3 aromatic carbocycles. The molecule has 1 aliphatic rings. The number of methoxy groups -OCH3 is 1. The summed E-state index contributed by atoms with van der Waals surface area (Å²) in [5, 5.41) is 11.3. The van der Waals surface area contributed by atoms with E-state index in [1.54, 1.807) is 61.7 Å². The molecule has 0 radical (unpaired) electrons. The van der Waals surface area contributed by atoms with Crippen molar-refractivity contribution in [3.05, 3.63) is 94.6 Å². The van der Waals surface area contributed by atoms with Crippen LogP contribution in [0.4, 0.5) is 5.69 Å². The third-order valence-electron chi connectivity index (χ3n) is 6.17. The van der Waals surface area contributed by atoms with Crippen LogP contribution in [0.3, 0.4) is 0 Å². The molecule has 184 valence electrons. The fourth-order valence-electron chi connectivity index (χ4n) is 4.40. The number of anilines is 1. The maximum atomic E-state index is 13.4. The van der Waals surface area contributed by atoms with Gasteiger partial charge in [0.2, 0.25) is 0 Å². The number of carbonyl (C=O) groups is 3. The molecule has 0 aliphatic carbocycles. The van der Waals surface area contributed by atoms with Crippen molar-refractivity contribution >= 4 is 29.1 Å². The van der Waals surface area contributed by atoms with Gasteiger partial charge in [-0.05, 0) is 72.5 Å². The number of hydrogen-bond donors (Lipinski definition) is 1. The van der Waals surface area contributed by atoms with E-state index in [9.17, 15) is 19.5 Å². The molecule has 1 amide bonds. The van der Waals surface area contributed by atoms with E-state index in [1.807, 2.05) is 26.0 Å². The van der Waals surface area contributed by atoms with Crippen molar-refractivity contribution in [1.29, 1.82) is 0 Å². The van der Waals surface area contributed by atoms with Gasteiger partial charge in [0.25, 0.3) is 11.7 Å². The van der Waals surface area contributed by atoms with Crippen LogP contribution in [0.2, 0.25) is 0 Å². The van der Waals surface area contributed by atoms with E-state index in [4.69, 9.17) is 9.47 Å². The highest BCUT2D eigenvalue weighted by molar-refractivity contribution is 6.51. The van der Waals surface area contributed by atoms with Gasteiger partial charge in [0, 0.05) is 18.2 Å². The van der Waals surface area contributed by atoms with Crippen molar-refractivity contribution in [3.8, 4) is 11.5 Å². The van der Waals surface area contributed by atoms with Gasteiger partial charge in [-0.1, -0.05) is 31.2 Å². The number of ether oxygens (including phenoxy) is 2. The number of amides is 1. The molecule has 0 saturated carbocycles. The average Bonchev–Trinajstić information content (AvgIpc) is 3.13. The minimum atomic E-state index is -0.935. The maximum absolute atomic E-state index is 13.4. The lowest BCUT2D eigenvalue weighted by Gasteiger charge is -2.26. The zero-order valence-electron chi connectivity index (χ0n) is 20.6. The molecule has 3 aromatic rings. The van der Waals surface area contributed by atoms with Crippen molar-refractivity contribution in [2.75, 3.05) is 12.0 Å². The predicted octanol–water partition coefficient (Wildman–Crippen LogP) is 5.12. The summed E-state index contributed by atoms with van der Waals surface area (Å²) in [4.78, 5) is 39.6. The minimum Gasteiger partial charge on any atom is -0.507 e. The number of aliphatic hydroxyl groups is 1. The molecule has 1 N–H and O–H groups in total. The zero-order valence-corrected chi connectivity index (χ0v) is 20.6. The second kappa shape index (κ2) is 10.1. The number of hydrogen-bond acceptors (Lipinski definition) is 6. The number of nitrogens with zero attached hydrogens (tertiary/aromatic N) is 1. The molecule has 1 fully saturated rings. The normalized spacial score (nSPS) is 16.8. The van der Waals surface area contributed by atoms with Crippen LogP contribution in [0.15, 0.2) is 72.3 Å². The summed E-state index contributed by atoms with van der Waals surface area (Å²) in [6.07, 6.45) is 0.823. The lowest BCUT2D eigenvalue weighted by atomic mass is 9.94. The van der Waals surface area contributed by atoms with Crippen LogP contribution in [-0.2, 0) is 20.8 Å². The Morgan fingerprint density at radius 3 is 2.36 bits per heavy atom. The largest absolute Gasteiger partial charge is 0.507 e. The van der Waals surface area contributed by atoms with E-state index in [2.05, 4.69) is 0 Å². The smallest absolute Gasteiger partial charge is 0.308 e. The van der Waals surface area contributed by atoms with Gasteiger partial charge in [-0.25, -0.2) is 0 Å². The highest BCUT2D eigenvalue weighted by Gasteiger charge is 2.47. The van der Waals surface area contributed by atoms with Crippen molar-refractivity contribution < 1.29 is 29.0 Å². The second-order valence-corrected chi connectivity index (χ2v) is 8.54. The Morgan fingerprint density at radius 1 is 1.03 bits per heavy atom. The molecular weight excluding hydrogens is 458 g/mol. The molecule has 1 aliphatic heterocycles. The summed E-state index contributed by atoms with van der Waals surface area (Å²) in [5.41, 5.74) is 3.20. The van der Waals surface area contributed by atoms with Gasteiger partial charge in [-0.15, -0.1) is 0 Å². The number of rotatable bonds is 6. The molecule has 7 nitrogen and oxygen atoms in total. The van der Waals surface area contributed by atoms with Crippen molar-refractivity contribution in [2.24, 2.45) is 0 Å². The first kappa shape index (κ1) is 24.7. The topological polar surface area (TPSA) is 93.1 Å². The van der Waals surface area contributed by atoms with E-state index < -0.39 is 23.7 Å². The molecule has 1 saturated heterocycles. The Balaban J connectivity index is 1.92. The first-order chi connectivity index (χ1) is 17.2. The van der Waals surface area contributed by atoms with Gasteiger partial charge in [0.05, 0.1) is 18.7 Å². The number of Topliss-reactive ketones (excluding diaryl/α,β-unsaturated/α-hetero) is 1. The summed E-state index contributed by atoms with van der Waals surface area (Å²) < 4.78 is 10.5. The van der Waals surface area contributed by atoms with Gasteiger partial charge in [0.1, 0.15) is 17.3 Å². The zero-order chi connectivity index (χ0) is 26.0. The summed E-state index contributed by atoms with van der Waals surface area (Å²) >= 11 is 0. The highest BCUT2D eigenvalue weighted by Crippen LogP contribution is 2.43. The van der Waals surface area contributed by atoms with Crippen LogP contribution >= 0.6 is 0 Å². The fourth-order valence-corrected chi connectivity index (χ4v) is 4.40. The molecule has 1 heterocycles. The van der Waals surface area contributed by atoms with Gasteiger partial charge in [0.15, 0.2) is 0 Å². The van der Waals surface area contributed by atoms with Crippen LogP contribution in [0.1, 0.15) is 42.1 Å². The summed E-state index contributed by atoms with van der Waals surface area (Å²) in [5.74, 6) is -1.45. The van der Waals surface area contributed by atoms with E-state index in [0.29, 0.717) is 22.6 Å². The molecule has 0 bridgehead atoms. The second-order valence-electron chi connectivity index (χ2n) is 8.54. The van der Waals surface area contributed by atoms with Crippen LogP contribution < -0.4 is 14.4 Å². The standard InChI is InChI=1S/C29H27NO6/c1-5-19-9-12-22(13-10-19)30-26(20-7-6-8-23(16-20)36-18(3)31)25(28(33)29(30)34)27(32)21-11-14-24(35-4)17(2)15-21/h6-16,26,32H,5H2,1-4H3/b27-25+. The first-order valence-electron chi connectivity index (χ1n) is 11.6. The van der Waals surface area contributed by atoms with Gasteiger partial charge in [-0.3, -0.25) is 19.3 Å². The van der Waals surface area contributed by atoms with Gasteiger partial charge >= 0.3 is 5.97 Å². The third-order valence-corrected chi connectivity index (χ3v) is 6.17. The number of aryl methyl sites for hydroxylation is 2. The quantitative estimate of drug-likeness (QED) is 0.171. The Morgan fingerprint density at radius 2 is 1.75 bits per heavy atom. The highest BCUT2D eigenvalue weighted by atomic mass is 16.5. The molecule has 36 heavy (non-hydrogen) atoms. The number of aliphatic hydroxyl groups excluding tert-OH is 1. The van der Waals surface area contributed by atoms with Crippen molar-refractivity contribution in [2.45, 2.75) is 33.2 Å². The number of esters is 1. The summed E-state index contributed by atoms with van der Waals surface area (Å²) in [6.45, 7) is 5.14. The van der Waals surface area contributed by atoms with Crippen molar-refractivity contribution in [3.63, 3.8) is 0 Å². The summed E-state index contributed by atoms with van der Waals surface area (Å²) in [6, 6.07) is 18.1. The summed E-state index contributed by atoms with van der Waals surface area (Å²) in [7, 11) is 1.55. The lowest BCUT2D eigenvalue weighted by Crippen LogP contribution is -2.29. The van der Waals surface area contributed by atoms with E-state index in [-0.39, 0.29) is 17.1 Å². The predicted molar refractivity (Wildman–Crippen MR) is 136 cm³/mol. The molecule has 7 heteroatoms. The molecular formula is C29H27NO6. The maximum Gasteiger partial charge on any atom is 0.308 e. The van der Waals surface area contributed by atoms with Crippen LogP contribution in [-0.4, -0.2) is 29.9 Å². The molecule has 4 rings (SSSR count). The number of benzene rings is 3. The van der Waals surface area contributed by atoms with Crippen LogP contribution in [0.5, 0.6) is 11.5 Å². The third kappa shape index (κ3) is 4.60. The Kier molecular flexibility index (Phi) is 6.92. The van der Waals surface area contributed by atoms with Crippen LogP contribution in [0.25, 0.3) is 5.76 Å². The SMILES string of the molecule is CCc1ccc(N2C(=O)C(=O)/C(=C(/O)c3ccc(OC)c(C)c3)C2c2cccc(OC(C)=O)c2)cc1. The Labute approximate surface area is 209 Å². The fraction of sp³-hybridized carbons (Fsp3) is 0.207. The van der Waals surface area contributed by atoms with E-state index in [1.165, 1.54) is 11.8 Å². The van der Waals surface area contributed by atoms with Crippen LogP contribution in [0, 0.1) is 6.92 Å². The van der Waals surface area contributed by atoms with Gasteiger partial charge in [-0.2, -0.15) is 0 Å². The molecule has 1 unspecified atom stereocenters. The van der Waals surface area contributed by atoms with Gasteiger partial charge < -0.3 is 14.6 Å². The van der Waals surface area contributed by atoms with Crippen molar-refractivity contribution in [1.82, 2.24) is 0 Å². The first-order valence-corrected chi connectivity index (χ1v) is 11.6. The average molecular weight is 486 g/mol. The minimum absolute atomic E-state index is 0.0518. The van der Waals surface area contributed by atoms with E-state index >= 15 is 0 Å². The molecule has 0 aromatic heterocycles. The Bertz CT molecular complexity index is 1370.